The van der Waals surface area contributed by atoms with E-state index in [1.807, 2.05) is 18.2 Å². The minimum Gasteiger partial charge on any atom is -0.461 e. The zero-order valence-electron chi connectivity index (χ0n) is 17.1. The molecule has 3 heterocycles. The average Bonchev–Trinajstić information content (AvgIpc) is 3.31. The van der Waals surface area contributed by atoms with E-state index in [0.29, 0.717) is 44.4 Å². The first-order valence-corrected chi connectivity index (χ1v) is 10.0. The van der Waals surface area contributed by atoms with E-state index in [0.717, 1.165) is 5.69 Å². The highest BCUT2D eigenvalue weighted by Gasteiger charge is 2.22. The Morgan fingerprint density at radius 3 is 2.58 bits per heavy atom. The molecule has 1 aliphatic rings. The van der Waals surface area contributed by atoms with Crippen LogP contribution in [0.3, 0.4) is 0 Å². The highest BCUT2D eigenvalue weighted by Crippen LogP contribution is 2.16. The second-order valence-electron chi connectivity index (χ2n) is 6.87. The normalized spacial score (nSPS) is 13.7. The number of ether oxygens (including phenoxy) is 1. The fourth-order valence-electron chi connectivity index (χ4n) is 3.27. The summed E-state index contributed by atoms with van der Waals surface area (Å²) in [5.74, 6) is 0.211. The van der Waals surface area contributed by atoms with E-state index >= 15 is 0 Å². The molecule has 0 spiro atoms. The second-order valence-corrected chi connectivity index (χ2v) is 6.87. The highest BCUT2D eigenvalue weighted by molar-refractivity contribution is 5.90. The van der Waals surface area contributed by atoms with Crippen molar-refractivity contribution in [1.29, 1.82) is 0 Å². The molecule has 4 rings (SSSR count). The van der Waals surface area contributed by atoms with Crippen LogP contribution >= 0.6 is 0 Å². The molecule has 0 saturated carbocycles. The van der Waals surface area contributed by atoms with Crippen molar-refractivity contribution >= 4 is 23.6 Å². The van der Waals surface area contributed by atoms with Crippen LogP contribution in [0.15, 0.2) is 55.0 Å². The lowest BCUT2D eigenvalue weighted by Crippen LogP contribution is -2.50. The Hall–Kier alpha value is -3.95. The fourth-order valence-corrected chi connectivity index (χ4v) is 3.27. The predicted molar refractivity (Wildman–Crippen MR) is 114 cm³/mol. The van der Waals surface area contributed by atoms with Gasteiger partial charge in [0.25, 0.3) is 0 Å². The number of rotatable bonds is 5. The Morgan fingerprint density at radius 1 is 1.06 bits per heavy atom. The molecule has 0 radical (unpaired) electrons. The first kappa shape index (κ1) is 20.3. The molecule has 31 heavy (non-hydrogen) atoms. The number of carbonyl (C=O) groups excluding carboxylic acids is 2. The summed E-state index contributed by atoms with van der Waals surface area (Å²) in [5.41, 5.74) is 1.60. The quantitative estimate of drug-likeness (QED) is 0.630. The van der Waals surface area contributed by atoms with Gasteiger partial charge in [-0.25, -0.2) is 24.2 Å². The standard InChI is InChI=1S/C21H23N7O3/c1-2-31-19(29)18-7-10-28(25-18)17-6-3-5-16(15-17)24-21(30)27-13-11-26(12-14-27)20-22-8-4-9-23-20/h3-10,15H,2,11-14H2,1H3,(H,24,30). The number of benzene rings is 1. The summed E-state index contributed by atoms with van der Waals surface area (Å²) < 4.78 is 6.54. The third kappa shape index (κ3) is 4.80. The summed E-state index contributed by atoms with van der Waals surface area (Å²) >= 11 is 0. The minimum atomic E-state index is -0.467. The molecular weight excluding hydrogens is 398 g/mol. The highest BCUT2D eigenvalue weighted by atomic mass is 16.5. The summed E-state index contributed by atoms with van der Waals surface area (Å²) in [6, 6.07) is 10.5. The molecule has 0 unspecified atom stereocenters. The number of amides is 2. The Balaban J connectivity index is 1.37. The summed E-state index contributed by atoms with van der Waals surface area (Å²) in [6.07, 6.45) is 5.10. The van der Waals surface area contributed by atoms with Gasteiger partial charge < -0.3 is 19.9 Å². The molecule has 2 amide bonds. The Labute approximate surface area is 179 Å². The van der Waals surface area contributed by atoms with E-state index in [-0.39, 0.29) is 11.7 Å². The number of piperazine rings is 1. The van der Waals surface area contributed by atoms with E-state index < -0.39 is 5.97 Å². The smallest absolute Gasteiger partial charge is 0.358 e. The molecule has 1 aromatic carbocycles. The second kappa shape index (κ2) is 9.24. The summed E-state index contributed by atoms with van der Waals surface area (Å²) in [6.45, 7) is 4.52. The van der Waals surface area contributed by atoms with Gasteiger partial charge in [0.15, 0.2) is 5.69 Å². The Morgan fingerprint density at radius 2 is 1.84 bits per heavy atom. The van der Waals surface area contributed by atoms with Gasteiger partial charge in [0.2, 0.25) is 5.95 Å². The lowest BCUT2D eigenvalue weighted by Gasteiger charge is -2.34. The molecule has 160 valence electrons. The van der Waals surface area contributed by atoms with Crippen LogP contribution in [0.25, 0.3) is 5.69 Å². The SMILES string of the molecule is CCOC(=O)c1ccn(-c2cccc(NC(=O)N3CCN(c4ncccn4)CC3)c2)n1. The van der Waals surface area contributed by atoms with Crippen molar-refractivity contribution in [1.82, 2.24) is 24.6 Å². The number of anilines is 2. The third-order valence-electron chi connectivity index (χ3n) is 4.84. The summed E-state index contributed by atoms with van der Waals surface area (Å²) in [4.78, 5) is 36.9. The zero-order chi connectivity index (χ0) is 21.6. The van der Waals surface area contributed by atoms with Crippen LogP contribution in [0, 0.1) is 0 Å². The summed E-state index contributed by atoms with van der Waals surface area (Å²) in [5, 5.41) is 7.18. The largest absolute Gasteiger partial charge is 0.461 e. The van der Waals surface area contributed by atoms with Crippen LogP contribution in [0.4, 0.5) is 16.4 Å². The van der Waals surface area contributed by atoms with Gasteiger partial charge in [-0.15, -0.1) is 0 Å². The number of aromatic nitrogens is 4. The molecule has 3 aromatic rings. The van der Waals surface area contributed by atoms with Gasteiger partial charge in [-0.1, -0.05) is 6.07 Å². The van der Waals surface area contributed by atoms with Crippen molar-refractivity contribution in [3.8, 4) is 5.69 Å². The number of carbonyl (C=O) groups is 2. The van der Waals surface area contributed by atoms with Crippen LogP contribution in [0.1, 0.15) is 17.4 Å². The first-order valence-electron chi connectivity index (χ1n) is 10.0. The Bertz CT molecular complexity index is 1050. The van der Waals surface area contributed by atoms with Crippen molar-refractivity contribution in [3.63, 3.8) is 0 Å². The van der Waals surface area contributed by atoms with E-state index in [2.05, 4.69) is 25.3 Å². The molecule has 10 nitrogen and oxygen atoms in total. The van der Waals surface area contributed by atoms with Crippen LogP contribution in [0.5, 0.6) is 0 Å². The lowest BCUT2D eigenvalue weighted by atomic mass is 10.2. The van der Waals surface area contributed by atoms with Crippen LogP contribution in [0.2, 0.25) is 0 Å². The molecule has 1 N–H and O–H groups in total. The van der Waals surface area contributed by atoms with Gasteiger partial charge in [0.1, 0.15) is 0 Å². The van der Waals surface area contributed by atoms with Crippen molar-refractivity contribution in [3.05, 3.63) is 60.7 Å². The van der Waals surface area contributed by atoms with E-state index in [1.54, 1.807) is 53.3 Å². The van der Waals surface area contributed by atoms with Gasteiger partial charge in [0.05, 0.1) is 12.3 Å². The van der Waals surface area contributed by atoms with Crippen LogP contribution < -0.4 is 10.2 Å². The van der Waals surface area contributed by atoms with Crippen molar-refractivity contribution in [2.75, 3.05) is 43.0 Å². The fraction of sp³-hybridized carbons (Fsp3) is 0.286. The van der Waals surface area contributed by atoms with Crippen molar-refractivity contribution in [2.45, 2.75) is 6.92 Å². The molecule has 0 bridgehead atoms. The molecule has 1 saturated heterocycles. The maximum absolute atomic E-state index is 12.7. The number of hydrogen-bond donors (Lipinski definition) is 1. The van der Waals surface area contributed by atoms with Crippen LogP contribution in [-0.4, -0.2) is 69.4 Å². The molecule has 0 aliphatic carbocycles. The number of hydrogen-bond acceptors (Lipinski definition) is 7. The average molecular weight is 421 g/mol. The monoisotopic (exact) mass is 421 g/mol. The van der Waals surface area contributed by atoms with E-state index in [4.69, 9.17) is 4.74 Å². The van der Waals surface area contributed by atoms with Gasteiger partial charge in [-0.2, -0.15) is 5.10 Å². The number of nitrogens with one attached hydrogen (secondary N) is 1. The molecule has 2 aromatic heterocycles. The lowest BCUT2D eigenvalue weighted by molar-refractivity contribution is 0.0519. The maximum Gasteiger partial charge on any atom is 0.358 e. The minimum absolute atomic E-state index is 0.168. The third-order valence-corrected chi connectivity index (χ3v) is 4.84. The van der Waals surface area contributed by atoms with Gasteiger partial charge >= 0.3 is 12.0 Å². The summed E-state index contributed by atoms with van der Waals surface area (Å²) in [7, 11) is 0. The van der Waals surface area contributed by atoms with E-state index in [9.17, 15) is 9.59 Å². The van der Waals surface area contributed by atoms with Gasteiger partial charge in [0, 0.05) is 50.5 Å². The number of urea groups is 1. The zero-order valence-corrected chi connectivity index (χ0v) is 17.1. The van der Waals surface area contributed by atoms with Gasteiger partial charge in [-0.3, -0.25) is 0 Å². The number of esters is 1. The van der Waals surface area contributed by atoms with Gasteiger partial charge in [-0.05, 0) is 37.3 Å². The topological polar surface area (TPSA) is 105 Å². The van der Waals surface area contributed by atoms with Crippen molar-refractivity contribution < 1.29 is 14.3 Å². The molecule has 10 heteroatoms. The predicted octanol–water partition coefficient (Wildman–Crippen LogP) is 2.19. The number of nitrogens with zero attached hydrogens (tertiary/aromatic N) is 6. The molecule has 1 fully saturated rings. The molecule has 1 aliphatic heterocycles. The van der Waals surface area contributed by atoms with Crippen molar-refractivity contribution in [2.24, 2.45) is 0 Å². The first-order chi connectivity index (χ1) is 15.1. The Kier molecular flexibility index (Phi) is 6.06. The van der Waals surface area contributed by atoms with Crippen LogP contribution in [-0.2, 0) is 4.74 Å². The molecular formula is C21H23N7O3. The molecule has 0 atom stereocenters. The maximum atomic E-state index is 12.7. The van der Waals surface area contributed by atoms with E-state index in [1.165, 1.54) is 0 Å².